The molecule has 1 aromatic carbocycles. The number of methoxy groups -OCH3 is 1. The fourth-order valence-electron chi connectivity index (χ4n) is 3.02. The smallest absolute Gasteiger partial charge is 0.339 e. The van der Waals surface area contributed by atoms with Gasteiger partial charge in [0.2, 0.25) is 5.91 Å². The summed E-state index contributed by atoms with van der Waals surface area (Å²) in [6.45, 7) is 1.47. The van der Waals surface area contributed by atoms with E-state index < -0.39 is 5.97 Å². The Morgan fingerprint density at radius 2 is 2.04 bits per heavy atom. The van der Waals surface area contributed by atoms with E-state index in [1.54, 1.807) is 24.7 Å². The fourth-order valence-corrected chi connectivity index (χ4v) is 3.02. The van der Waals surface area contributed by atoms with E-state index in [0.717, 1.165) is 18.9 Å². The van der Waals surface area contributed by atoms with Crippen LogP contribution in [0.2, 0.25) is 0 Å². The van der Waals surface area contributed by atoms with Crippen molar-refractivity contribution in [1.29, 1.82) is 0 Å². The van der Waals surface area contributed by atoms with Crippen molar-refractivity contribution < 1.29 is 19.4 Å². The van der Waals surface area contributed by atoms with Crippen LogP contribution in [0.15, 0.2) is 36.8 Å². The molecule has 0 bridgehead atoms. The number of amides is 1. The van der Waals surface area contributed by atoms with E-state index in [-0.39, 0.29) is 23.1 Å². The van der Waals surface area contributed by atoms with Crippen LogP contribution in [-0.4, -0.2) is 47.2 Å². The van der Waals surface area contributed by atoms with Gasteiger partial charge in [0.25, 0.3) is 0 Å². The predicted octanol–water partition coefficient (Wildman–Crippen LogP) is 2.04. The highest BCUT2D eigenvalue weighted by Crippen LogP contribution is 2.26. The van der Waals surface area contributed by atoms with Gasteiger partial charge in [-0.05, 0) is 25.0 Å². The van der Waals surface area contributed by atoms with Gasteiger partial charge in [-0.2, -0.15) is 0 Å². The molecule has 1 fully saturated rings. The summed E-state index contributed by atoms with van der Waals surface area (Å²) < 4.78 is 5.09. The average molecular weight is 356 g/mol. The highest BCUT2D eigenvalue weighted by Gasteiger charge is 2.26. The number of anilines is 2. The van der Waals surface area contributed by atoms with Crippen LogP contribution >= 0.6 is 0 Å². The number of carbonyl (C=O) groups is 2. The molecule has 0 unspecified atom stereocenters. The quantitative estimate of drug-likeness (QED) is 0.844. The minimum Gasteiger partial charge on any atom is -0.496 e. The number of nitrogens with zero attached hydrogens (tertiary/aromatic N) is 3. The molecule has 0 radical (unpaired) electrons. The molecule has 1 aromatic heterocycles. The lowest BCUT2D eigenvalue weighted by atomic mass is 9.96. The molecule has 136 valence electrons. The molecule has 1 aliphatic heterocycles. The molecule has 8 heteroatoms. The molecule has 0 saturated carbocycles. The van der Waals surface area contributed by atoms with Crippen LogP contribution < -0.4 is 15.0 Å². The first-order valence-electron chi connectivity index (χ1n) is 8.31. The maximum Gasteiger partial charge on any atom is 0.339 e. The number of hydrogen-bond donors (Lipinski definition) is 2. The van der Waals surface area contributed by atoms with Crippen LogP contribution in [0.3, 0.4) is 0 Å². The van der Waals surface area contributed by atoms with Gasteiger partial charge in [0, 0.05) is 43.2 Å². The summed E-state index contributed by atoms with van der Waals surface area (Å²) in [6.07, 6.45) is 6.44. The highest BCUT2D eigenvalue weighted by atomic mass is 16.5. The summed E-state index contributed by atoms with van der Waals surface area (Å²) in [5.41, 5.74) is 0.580. The summed E-state index contributed by atoms with van der Waals surface area (Å²) in [7, 11) is 1.40. The Labute approximate surface area is 150 Å². The van der Waals surface area contributed by atoms with Gasteiger partial charge < -0.3 is 20.1 Å². The van der Waals surface area contributed by atoms with Crippen LogP contribution in [-0.2, 0) is 4.79 Å². The zero-order valence-corrected chi connectivity index (χ0v) is 14.4. The van der Waals surface area contributed by atoms with Crippen LogP contribution in [0, 0.1) is 5.92 Å². The van der Waals surface area contributed by atoms with E-state index >= 15 is 0 Å². The van der Waals surface area contributed by atoms with Crippen molar-refractivity contribution in [1.82, 2.24) is 9.97 Å². The van der Waals surface area contributed by atoms with Gasteiger partial charge >= 0.3 is 5.97 Å². The number of aromatic carboxylic acids is 1. The third kappa shape index (κ3) is 3.90. The summed E-state index contributed by atoms with van der Waals surface area (Å²) in [6, 6.07) is 4.52. The van der Waals surface area contributed by atoms with Crippen molar-refractivity contribution in [3.05, 3.63) is 42.4 Å². The minimum absolute atomic E-state index is 0.0581. The van der Waals surface area contributed by atoms with Crippen molar-refractivity contribution >= 4 is 23.4 Å². The number of hydrogen-bond acceptors (Lipinski definition) is 6. The second-order valence-electron chi connectivity index (χ2n) is 6.03. The third-order valence-electron chi connectivity index (χ3n) is 4.44. The zero-order valence-electron chi connectivity index (χ0n) is 14.4. The van der Waals surface area contributed by atoms with E-state index in [9.17, 15) is 9.59 Å². The van der Waals surface area contributed by atoms with Gasteiger partial charge in [0.1, 0.15) is 17.1 Å². The molecule has 8 nitrogen and oxygen atoms in total. The zero-order chi connectivity index (χ0) is 18.5. The molecule has 26 heavy (non-hydrogen) atoms. The summed E-state index contributed by atoms with van der Waals surface area (Å²) >= 11 is 0. The largest absolute Gasteiger partial charge is 0.496 e. The number of carboxylic acid groups (broad SMARTS) is 1. The van der Waals surface area contributed by atoms with E-state index in [4.69, 9.17) is 9.84 Å². The van der Waals surface area contributed by atoms with Gasteiger partial charge in [-0.15, -0.1) is 0 Å². The number of benzene rings is 1. The normalized spacial score (nSPS) is 14.7. The minimum atomic E-state index is -1.07. The van der Waals surface area contributed by atoms with Crippen LogP contribution in [0.1, 0.15) is 23.2 Å². The maximum absolute atomic E-state index is 12.5. The highest BCUT2D eigenvalue weighted by molar-refractivity contribution is 5.95. The lowest BCUT2D eigenvalue weighted by molar-refractivity contribution is -0.120. The molecule has 2 N–H and O–H groups in total. The number of carboxylic acids is 1. The number of piperidine rings is 1. The molecule has 1 amide bonds. The van der Waals surface area contributed by atoms with Crippen molar-refractivity contribution in [2.24, 2.45) is 5.92 Å². The molecule has 1 aliphatic rings. The average Bonchev–Trinajstić information content (AvgIpc) is 2.68. The first kappa shape index (κ1) is 17.7. The van der Waals surface area contributed by atoms with Gasteiger partial charge in [0.05, 0.1) is 13.3 Å². The monoisotopic (exact) mass is 356 g/mol. The Balaban J connectivity index is 1.60. The Morgan fingerprint density at radius 1 is 1.27 bits per heavy atom. The molecule has 1 saturated heterocycles. The summed E-state index contributed by atoms with van der Waals surface area (Å²) in [5, 5.41) is 12.0. The molecule has 3 rings (SSSR count). The number of carbonyl (C=O) groups excluding carboxylic acids is 1. The first-order chi connectivity index (χ1) is 12.6. The van der Waals surface area contributed by atoms with Gasteiger partial charge in [-0.25, -0.2) is 9.78 Å². The van der Waals surface area contributed by atoms with E-state index in [0.29, 0.717) is 18.5 Å². The second kappa shape index (κ2) is 7.81. The Kier molecular flexibility index (Phi) is 5.31. The topological polar surface area (TPSA) is 105 Å². The van der Waals surface area contributed by atoms with Crippen molar-refractivity contribution in [3.8, 4) is 5.75 Å². The SMILES string of the molecule is COc1cc(NC(=O)C2CCN(c3cnccn3)CC2)ccc1C(=O)O. The lowest BCUT2D eigenvalue weighted by Crippen LogP contribution is -2.38. The number of aromatic nitrogens is 2. The fraction of sp³-hybridized carbons (Fsp3) is 0.333. The van der Waals surface area contributed by atoms with Crippen molar-refractivity contribution in [2.75, 3.05) is 30.4 Å². The van der Waals surface area contributed by atoms with E-state index in [1.165, 1.54) is 19.2 Å². The standard InChI is InChI=1S/C18H20N4O4/c1-26-15-10-13(2-3-14(15)18(24)25)21-17(23)12-4-8-22(9-5-12)16-11-19-6-7-20-16/h2-3,6-7,10-12H,4-5,8-9H2,1H3,(H,21,23)(H,24,25). The lowest BCUT2D eigenvalue weighted by Gasteiger charge is -2.31. The maximum atomic E-state index is 12.5. The van der Waals surface area contributed by atoms with Crippen LogP contribution in [0.5, 0.6) is 5.75 Å². The van der Waals surface area contributed by atoms with Gasteiger partial charge in [-0.1, -0.05) is 0 Å². The number of ether oxygens (including phenoxy) is 1. The molecular weight excluding hydrogens is 336 g/mol. The molecule has 0 aliphatic carbocycles. The van der Waals surface area contributed by atoms with Crippen LogP contribution in [0.4, 0.5) is 11.5 Å². The molecule has 2 aromatic rings. The molecule has 0 atom stereocenters. The van der Waals surface area contributed by atoms with Crippen LogP contribution in [0.25, 0.3) is 0 Å². The Bertz CT molecular complexity index is 789. The van der Waals surface area contributed by atoms with Gasteiger partial charge in [-0.3, -0.25) is 9.78 Å². The Morgan fingerprint density at radius 3 is 2.65 bits per heavy atom. The summed E-state index contributed by atoms with van der Waals surface area (Å²) in [5.74, 6) is -0.216. The number of nitrogens with one attached hydrogen (secondary N) is 1. The summed E-state index contributed by atoms with van der Waals surface area (Å²) in [4.78, 5) is 34.1. The second-order valence-corrected chi connectivity index (χ2v) is 6.03. The predicted molar refractivity (Wildman–Crippen MR) is 95.6 cm³/mol. The van der Waals surface area contributed by atoms with E-state index in [2.05, 4.69) is 20.2 Å². The van der Waals surface area contributed by atoms with Crippen molar-refractivity contribution in [2.45, 2.75) is 12.8 Å². The number of rotatable bonds is 5. The van der Waals surface area contributed by atoms with Gasteiger partial charge in [0.15, 0.2) is 0 Å². The molecule has 2 heterocycles. The first-order valence-corrected chi connectivity index (χ1v) is 8.31. The Hall–Kier alpha value is -3.16. The van der Waals surface area contributed by atoms with E-state index in [1.807, 2.05) is 0 Å². The molecular formula is C18H20N4O4. The third-order valence-corrected chi connectivity index (χ3v) is 4.44. The molecule has 0 spiro atoms. The van der Waals surface area contributed by atoms with Crippen molar-refractivity contribution in [3.63, 3.8) is 0 Å².